The topological polar surface area (TPSA) is 39.1 Å². The van der Waals surface area contributed by atoms with Gasteiger partial charge in [-0.25, -0.2) is 13.5 Å². The molecule has 6 heteroatoms. The first kappa shape index (κ1) is 15.1. The van der Waals surface area contributed by atoms with Gasteiger partial charge in [-0.1, -0.05) is 12.1 Å². The van der Waals surface area contributed by atoms with Crippen molar-refractivity contribution in [2.24, 2.45) is 0 Å². The van der Waals surface area contributed by atoms with Crippen LogP contribution in [0.2, 0.25) is 0 Å². The number of benzene rings is 2. The maximum atomic E-state index is 14.2. The lowest BCUT2D eigenvalue weighted by atomic mass is 10.1. The van der Waals surface area contributed by atoms with Crippen molar-refractivity contribution < 1.29 is 13.5 Å². The Morgan fingerprint density at radius 3 is 2.67 bits per heavy atom. The summed E-state index contributed by atoms with van der Waals surface area (Å²) in [5.74, 6) is -0.412. The Morgan fingerprint density at radius 2 is 1.88 bits per heavy atom. The van der Waals surface area contributed by atoms with Crippen molar-refractivity contribution in [2.75, 3.05) is 13.1 Å². The van der Waals surface area contributed by atoms with E-state index >= 15 is 0 Å². The van der Waals surface area contributed by atoms with Crippen molar-refractivity contribution in [3.8, 4) is 11.6 Å². The summed E-state index contributed by atoms with van der Waals surface area (Å²) in [5.41, 5.74) is 0.930. The molecule has 0 bridgehead atoms. The molecule has 0 saturated carbocycles. The molecule has 4 nitrogen and oxygen atoms in total. The summed E-state index contributed by atoms with van der Waals surface area (Å²) in [6.45, 7) is 1.76. The predicted octanol–water partition coefficient (Wildman–Crippen LogP) is 3.43. The van der Waals surface area contributed by atoms with Crippen LogP contribution >= 0.6 is 0 Å². The summed E-state index contributed by atoms with van der Waals surface area (Å²) < 4.78 is 35.4. The van der Waals surface area contributed by atoms with E-state index in [1.165, 1.54) is 22.9 Å². The zero-order valence-corrected chi connectivity index (χ0v) is 13.0. The highest BCUT2D eigenvalue weighted by molar-refractivity contribution is 5.86. The molecule has 1 aromatic heterocycles. The first-order valence-electron chi connectivity index (χ1n) is 8.03. The lowest BCUT2D eigenvalue weighted by Crippen LogP contribution is -2.34. The van der Waals surface area contributed by atoms with Gasteiger partial charge in [-0.2, -0.15) is 0 Å². The standard InChI is InChI=1S/C18H17F2N3O/c19-12-5-6-16-14(11-12)18(24-13-7-9-21-10-8-13)22-23(16)17-4-2-1-3-15(17)20/h1-6,11,13,21H,7-10H2. The van der Waals surface area contributed by atoms with Crippen molar-refractivity contribution in [2.45, 2.75) is 18.9 Å². The van der Waals surface area contributed by atoms with Gasteiger partial charge < -0.3 is 10.1 Å². The highest BCUT2D eigenvalue weighted by Crippen LogP contribution is 2.30. The largest absolute Gasteiger partial charge is 0.473 e. The average molecular weight is 329 g/mol. The van der Waals surface area contributed by atoms with Crippen LogP contribution in [0, 0.1) is 11.6 Å². The van der Waals surface area contributed by atoms with E-state index < -0.39 is 0 Å². The lowest BCUT2D eigenvalue weighted by Gasteiger charge is -2.22. The van der Waals surface area contributed by atoms with Crippen LogP contribution in [0.5, 0.6) is 5.88 Å². The van der Waals surface area contributed by atoms with Gasteiger partial charge in [-0.05, 0) is 56.3 Å². The van der Waals surface area contributed by atoms with Crippen LogP contribution in [0.3, 0.4) is 0 Å². The maximum Gasteiger partial charge on any atom is 0.241 e. The first-order valence-corrected chi connectivity index (χ1v) is 8.03. The summed E-state index contributed by atoms with van der Waals surface area (Å²) in [7, 11) is 0. The van der Waals surface area contributed by atoms with Crippen LogP contribution in [0.4, 0.5) is 8.78 Å². The van der Waals surface area contributed by atoms with Gasteiger partial charge in [0.2, 0.25) is 5.88 Å². The number of rotatable bonds is 3. The number of hydrogen-bond acceptors (Lipinski definition) is 3. The Hall–Kier alpha value is -2.47. The molecule has 1 fully saturated rings. The molecule has 2 aromatic carbocycles. The van der Waals surface area contributed by atoms with Gasteiger partial charge in [0.15, 0.2) is 0 Å². The molecule has 1 aliphatic rings. The number of hydrogen-bond donors (Lipinski definition) is 1. The molecule has 4 rings (SSSR count). The molecule has 0 unspecified atom stereocenters. The first-order chi connectivity index (χ1) is 11.7. The van der Waals surface area contributed by atoms with Crippen molar-refractivity contribution in [3.63, 3.8) is 0 Å². The number of nitrogens with zero attached hydrogens (tertiary/aromatic N) is 2. The molecule has 1 saturated heterocycles. The number of piperidine rings is 1. The second-order valence-corrected chi connectivity index (χ2v) is 5.90. The lowest BCUT2D eigenvalue weighted by molar-refractivity contribution is 0.157. The number of para-hydroxylation sites is 1. The van der Waals surface area contributed by atoms with E-state index in [1.54, 1.807) is 24.3 Å². The fraction of sp³-hybridized carbons (Fsp3) is 0.278. The summed E-state index contributed by atoms with van der Waals surface area (Å²) in [4.78, 5) is 0. The third kappa shape index (κ3) is 2.73. The smallest absolute Gasteiger partial charge is 0.241 e. The Labute approximate surface area is 138 Å². The molecule has 1 aliphatic heterocycles. The number of nitrogens with one attached hydrogen (secondary N) is 1. The Bertz CT molecular complexity index is 872. The molecule has 2 heterocycles. The summed E-state index contributed by atoms with van der Waals surface area (Å²) >= 11 is 0. The minimum Gasteiger partial charge on any atom is -0.473 e. The van der Waals surface area contributed by atoms with Crippen LogP contribution in [-0.4, -0.2) is 29.0 Å². The Kier molecular flexibility index (Phi) is 3.90. The molecule has 0 amide bonds. The van der Waals surface area contributed by atoms with Gasteiger partial charge in [0.25, 0.3) is 0 Å². The van der Waals surface area contributed by atoms with Crippen LogP contribution in [0.25, 0.3) is 16.6 Å². The average Bonchev–Trinajstić information content (AvgIpc) is 2.94. The van der Waals surface area contributed by atoms with Gasteiger partial charge in [0.1, 0.15) is 23.4 Å². The van der Waals surface area contributed by atoms with Crippen LogP contribution in [0.15, 0.2) is 42.5 Å². The van der Waals surface area contributed by atoms with Gasteiger partial charge in [0, 0.05) is 0 Å². The predicted molar refractivity (Wildman–Crippen MR) is 87.5 cm³/mol. The molecule has 0 atom stereocenters. The third-order valence-corrected chi connectivity index (χ3v) is 4.25. The number of fused-ring (bicyclic) bond motifs is 1. The summed E-state index contributed by atoms with van der Waals surface area (Å²) in [6, 6.07) is 10.7. The van der Waals surface area contributed by atoms with Crippen molar-refractivity contribution >= 4 is 10.9 Å². The molecule has 124 valence electrons. The monoisotopic (exact) mass is 329 g/mol. The van der Waals surface area contributed by atoms with Gasteiger partial charge in [-0.3, -0.25) is 0 Å². The van der Waals surface area contributed by atoms with E-state index in [9.17, 15) is 8.78 Å². The van der Waals surface area contributed by atoms with Crippen molar-refractivity contribution in [3.05, 3.63) is 54.1 Å². The summed E-state index contributed by atoms with van der Waals surface area (Å²) in [5, 5.41) is 8.25. The molecular weight excluding hydrogens is 312 g/mol. The van der Waals surface area contributed by atoms with Crippen molar-refractivity contribution in [1.29, 1.82) is 0 Å². The second kappa shape index (κ2) is 6.20. The highest BCUT2D eigenvalue weighted by Gasteiger charge is 2.20. The zero-order chi connectivity index (χ0) is 16.5. The van der Waals surface area contributed by atoms with E-state index in [2.05, 4.69) is 10.4 Å². The normalized spacial score (nSPS) is 15.8. The summed E-state index contributed by atoms with van der Waals surface area (Å²) in [6.07, 6.45) is 1.76. The van der Waals surface area contributed by atoms with Gasteiger partial charge >= 0.3 is 0 Å². The third-order valence-electron chi connectivity index (χ3n) is 4.25. The Morgan fingerprint density at radius 1 is 1.08 bits per heavy atom. The zero-order valence-electron chi connectivity index (χ0n) is 13.0. The molecule has 3 aromatic rings. The van der Waals surface area contributed by atoms with E-state index in [-0.39, 0.29) is 17.7 Å². The van der Waals surface area contributed by atoms with Crippen LogP contribution in [0.1, 0.15) is 12.8 Å². The van der Waals surface area contributed by atoms with Gasteiger partial charge in [-0.15, -0.1) is 5.10 Å². The maximum absolute atomic E-state index is 14.2. The van der Waals surface area contributed by atoms with E-state index in [4.69, 9.17) is 4.74 Å². The second-order valence-electron chi connectivity index (χ2n) is 5.90. The van der Waals surface area contributed by atoms with Crippen LogP contribution in [-0.2, 0) is 0 Å². The molecule has 0 spiro atoms. The number of ether oxygens (including phenoxy) is 1. The minimum absolute atomic E-state index is 0.0293. The minimum atomic E-state index is -0.389. The molecule has 0 aliphatic carbocycles. The number of halogens is 2. The van der Waals surface area contributed by atoms with E-state index in [1.807, 2.05) is 0 Å². The molecule has 24 heavy (non-hydrogen) atoms. The molecular formula is C18H17F2N3O. The SMILES string of the molecule is Fc1ccc2c(c1)c(OC1CCNCC1)nn2-c1ccccc1F. The van der Waals surface area contributed by atoms with Crippen LogP contribution < -0.4 is 10.1 Å². The van der Waals surface area contributed by atoms with E-state index in [0.717, 1.165) is 25.9 Å². The molecule has 1 N–H and O–H groups in total. The van der Waals surface area contributed by atoms with E-state index in [0.29, 0.717) is 22.5 Å². The Balaban J connectivity index is 1.81. The highest BCUT2D eigenvalue weighted by atomic mass is 19.1. The fourth-order valence-corrected chi connectivity index (χ4v) is 3.03. The quantitative estimate of drug-likeness (QED) is 0.800. The molecule has 0 radical (unpaired) electrons. The van der Waals surface area contributed by atoms with Gasteiger partial charge in [0.05, 0.1) is 10.9 Å². The fourth-order valence-electron chi connectivity index (χ4n) is 3.03. The number of aromatic nitrogens is 2. The van der Waals surface area contributed by atoms with Crippen molar-refractivity contribution in [1.82, 2.24) is 15.1 Å².